The number of aromatic nitrogens is 1. The minimum atomic E-state index is 0. The lowest BCUT2D eigenvalue weighted by Crippen LogP contribution is -2.29. The average molecular weight is 245 g/mol. The zero-order valence-electron chi connectivity index (χ0n) is 8.90. The summed E-state index contributed by atoms with van der Waals surface area (Å²) in [6.07, 6.45) is 4.48. The van der Waals surface area contributed by atoms with Gasteiger partial charge in [-0.25, -0.2) is 4.98 Å². The van der Waals surface area contributed by atoms with Crippen LogP contribution in [0, 0.1) is 6.92 Å². The Bertz CT molecular complexity index is 283. The highest BCUT2D eigenvalue weighted by Crippen LogP contribution is 2.26. The van der Waals surface area contributed by atoms with Crippen molar-refractivity contribution in [3.8, 4) is 0 Å². The van der Waals surface area contributed by atoms with Crippen molar-refractivity contribution in [1.29, 1.82) is 0 Å². The van der Waals surface area contributed by atoms with Gasteiger partial charge in [0.15, 0.2) is 0 Å². The molecule has 2 heterocycles. The molecule has 1 N–H and O–H groups in total. The summed E-state index contributed by atoms with van der Waals surface area (Å²) in [6.45, 7) is 4.39. The summed E-state index contributed by atoms with van der Waals surface area (Å²) in [5.74, 6) is 0. The SMILES string of the molecule is Cc1ccc(SC2CCNCC2)nc1.Cl. The highest BCUT2D eigenvalue weighted by Gasteiger charge is 2.14. The van der Waals surface area contributed by atoms with Crippen LogP contribution in [0.15, 0.2) is 23.4 Å². The standard InChI is InChI=1S/C11H16N2S.ClH/c1-9-2-3-11(13-8-9)14-10-4-6-12-7-5-10;/h2-3,8,10,12H,4-7H2,1H3;1H. The summed E-state index contributed by atoms with van der Waals surface area (Å²) in [4.78, 5) is 4.41. The van der Waals surface area contributed by atoms with Gasteiger partial charge in [-0.1, -0.05) is 6.07 Å². The van der Waals surface area contributed by atoms with Crippen molar-refractivity contribution in [2.24, 2.45) is 0 Å². The Hall–Kier alpha value is -0.250. The Morgan fingerprint density at radius 3 is 2.67 bits per heavy atom. The largest absolute Gasteiger partial charge is 0.317 e. The number of aryl methyl sites for hydroxylation is 1. The number of halogens is 1. The van der Waals surface area contributed by atoms with E-state index in [9.17, 15) is 0 Å². The van der Waals surface area contributed by atoms with E-state index in [1.807, 2.05) is 18.0 Å². The summed E-state index contributed by atoms with van der Waals surface area (Å²) in [6, 6.07) is 4.26. The van der Waals surface area contributed by atoms with Crippen molar-refractivity contribution in [2.45, 2.75) is 30.0 Å². The minimum absolute atomic E-state index is 0. The average Bonchev–Trinajstić information content (AvgIpc) is 2.23. The lowest BCUT2D eigenvalue weighted by molar-refractivity contribution is 0.531. The zero-order valence-corrected chi connectivity index (χ0v) is 10.5. The summed E-state index contributed by atoms with van der Waals surface area (Å²) in [7, 11) is 0. The van der Waals surface area contributed by atoms with Gasteiger partial charge in [0.25, 0.3) is 0 Å². The number of thioether (sulfide) groups is 1. The van der Waals surface area contributed by atoms with Gasteiger partial charge in [-0.3, -0.25) is 0 Å². The summed E-state index contributed by atoms with van der Waals surface area (Å²) < 4.78 is 0. The van der Waals surface area contributed by atoms with Crippen LogP contribution in [0.2, 0.25) is 0 Å². The minimum Gasteiger partial charge on any atom is -0.317 e. The fourth-order valence-corrected chi connectivity index (χ4v) is 2.68. The summed E-state index contributed by atoms with van der Waals surface area (Å²) in [5.41, 5.74) is 1.24. The molecule has 15 heavy (non-hydrogen) atoms. The van der Waals surface area contributed by atoms with Crippen molar-refractivity contribution in [1.82, 2.24) is 10.3 Å². The molecule has 0 spiro atoms. The van der Waals surface area contributed by atoms with E-state index >= 15 is 0 Å². The van der Waals surface area contributed by atoms with Crippen molar-refractivity contribution in [2.75, 3.05) is 13.1 Å². The third-order valence-corrected chi connectivity index (χ3v) is 3.75. The van der Waals surface area contributed by atoms with E-state index in [-0.39, 0.29) is 12.4 Å². The van der Waals surface area contributed by atoms with Crippen LogP contribution in [0.25, 0.3) is 0 Å². The van der Waals surface area contributed by atoms with Crippen LogP contribution < -0.4 is 5.32 Å². The molecule has 1 aliphatic heterocycles. The van der Waals surface area contributed by atoms with E-state index in [1.165, 1.54) is 23.4 Å². The molecule has 1 aromatic heterocycles. The second kappa shape index (κ2) is 6.36. The van der Waals surface area contributed by atoms with Gasteiger partial charge in [-0.15, -0.1) is 24.2 Å². The van der Waals surface area contributed by atoms with Crippen molar-refractivity contribution < 1.29 is 0 Å². The molecule has 0 radical (unpaired) electrons. The zero-order chi connectivity index (χ0) is 9.80. The molecule has 0 unspecified atom stereocenters. The first kappa shape index (κ1) is 12.8. The molecule has 0 atom stereocenters. The van der Waals surface area contributed by atoms with E-state index in [4.69, 9.17) is 0 Å². The smallest absolute Gasteiger partial charge is 0.0962 e. The van der Waals surface area contributed by atoms with E-state index < -0.39 is 0 Å². The molecule has 0 saturated carbocycles. The van der Waals surface area contributed by atoms with E-state index in [0.717, 1.165) is 18.3 Å². The molecule has 4 heteroatoms. The molecular formula is C11H17ClN2S. The summed E-state index contributed by atoms with van der Waals surface area (Å²) >= 11 is 1.92. The molecule has 1 aromatic rings. The van der Waals surface area contributed by atoms with E-state index in [1.54, 1.807) is 0 Å². The molecule has 0 amide bonds. The predicted molar refractivity (Wildman–Crippen MR) is 68.0 cm³/mol. The number of hydrogen-bond donors (Lipinski definition) is 1. The maximum absolute atomic E-state index is 4.41. The molecule has 84 valence electrons. The number of rotatable bonds is 2. The Morgan fingerprint density at radius 2 is 2.07 bits per heavy atom. The normalized spacial score (nSPS) is 17.1. The van der Waals surface area contributed by atoms with Gasteiger partial charge in [-0.05, 0) is 44.5 Å². The van der Waals surface area contributed by atoms with Gasteiger partial charge in [-0.2, -0.15) is 0 Å². The van der Waals surface area contributed by atoms with Gasteiger partial charge < -0.3 is 5.32 Å². The summed E-state index contributed by atoms with van der Waals surface area (Å²) in [5, 5.41) is 5.30. The second-order valence-electron chi connectivity index (χ2n) is 3.74. The Balaban J connectivity index is 0.00000112. The van der Waals surface area contributed by atoms with Crippen LogP contribution >= 0.6 is 24.2 Å². The first-order chi connectivity index (χ1) is 6.84. The van der Waals surface area contributed by atoms with Crippen LogP contribution in [0.4, 0.5) is 0 Å². The predicted octanol–water partition coefficient (Wildman–Crippen LogP) is 2.66. The highest BCUT2D eigenvalue weighted by molar-refractivity contribution is 7.99. The van der Waals surface area contributed by atoms with Gasteiger partial charge in [0.2, 0.25) is 0 Å². The number of hydrogen-bond acceptors (Lipinski definition) is 3. The number of nitrogens with one attached hydrogen (secondary N) is 1. The highest BCUT2D eigenvalue weighted by atomic mass is 35.5. The Labute approximate surface area is 102 Å². The molecular weight excluding hydrogens is 228 g/mol. The number of piperidine rings is 1. The first-order valence-electron chi connectivity index (χ1n) is 5.14. The van der Waals surface area contributed by atoms with E-state index in [0.29, 0.717) is 0 Å². The van der Waals surface area contributed by atoms with Gasteiger partial charge in [0, 0.05) is 11.4 Å². The number of pyridine rings is 1. The van der Waals surface area contributed by atoms with Crippen LogP contribution in [0.5, 0.6) is 0 Å². The fraction of sp³-hybridized carbons (Fsp3) is 0.545. The Kier molecular flexibility index (Phi) is 5.43. The quantitative estimate of drug-likeness (QED) is 0.866. The first-order valence-corrected chi connectivity index (χ1v) is 6.02. The second-order valence-corrected chi connectivity index (χ2v) is 5.06. The lowest BCUT2D eigenvalue weighted by atomic mass is 10.2. The van der Waals surface area contributed by atoms with Crippen LogP contribution in [0.1, 0.15) is 18.4 Å². The molecule has 1 aliphatic rings. The fourth-order valence-electron chi connectivity index (χ4n) is 1.61. The van der Waals surface area contributed by atoms with Crippen molar-refractivity contribution in [3.63, 3.8) is 0 Å². The van der Waals surface area contributed by atoms with Gasteiger partial charge in [0.05, 0.1) is 5.03 Å². The maximum atomic E-state index is 4.41. The van der Waals surface area contributed by atoms with Crippen LogP contribution in [-0.4, -0.2) is 23.3 Å². The molecule has 0 aromatic carbocycles. The molecule has 2 rings (SSSR count). The number of nitrogens with zero attached hydrogens (tertiary/aromatic N) is 1. The molecule has 0 aliphatic carbocycles. The van der Waals surface area contributed by atoms with Gasteiger partial charge in [0.1, 0.15) is 0 Å². The molecule has 2 nitrogen and oxygen atoms in total. The lowest BCUT2D eigenvalue weighted by Gasteiger charge is -2.21. The van der Waals surface area contributed by atoms with Gasteiger partial charge >= 0.3 is 0 Å². The third kappa shape index (κ3) is 4.01. The van der Waals surface area contributed by atoms with Crippen LogP contribution in [0.3, 0.4) is 0 Å². The maximum Gasteiger partial charge on any atom is 0.0962 e. The van der Waals surface area contributed by atoms with Crippen LogP contribution in [-0.2, 0) is 0 Å². The van der Waals surface area contributed by atoms with Crippen molar-refractivity contribution in [3.05, 3.63) is 23.9 Å². The molecule has 1 fully saturated rings. The molecule has 0 bridgehead atoms. The third-order valence-electron chi connectivity index (χ3n) is 2.46. The topological polar surface area (TPSA) is 24.9 Å². The van der Waals surface area contributed by atoms with E-state index in [2.05, 4.69) is 29.4 Å². The monoisotopic (exact) mass is 244 g/mol. The molecule has 1 saturated heterocycles. The Morgan fingerprint density at radius 1 is 1.33 bits per heavy atom. The van der Waals surface area contributed by atoms with Crippen molar-refractivity contribution >= 4 is 24.2 Å².